The van der Waals surface area contributed by atoms with Gasteiger partial charge in [-0.1, -0.05) is 0 Å². The number of amides is 2. The lowest BCUT2D eigenvalue weighted by molar-refractivity contribution is -0.138. The van der Waals surface area contributed by atoms with Gasteiger partial charge in [-0.3, -0.25) is 9.59 Å². The number of piperazine rings is 1. The molecule has 0 aromatic carbocycles. The van der Waals surface area contributed by atoms with Crippen LogP contribution in [-0.2, 0) is 4.79 Å². The van der Waals surface area contributed by atoms with E-state index in [1.54, 1.807) is 22.7 Å². The molecule has 4 rings (SSSR count). The highest BCUT2D eigenvalue weighted by Crippen LogP contribution is 2.31. The summed E-state index contributed by atoms with van der Waals surface area (Å²) in [7, 11) is 0. The molecule has 0 spiro atoms. The number of hydrogen-bond acceptors (Lipinski definition) is 5. The Morgan fingerprint density at radius 3 is 2.58 bits per heavy atom. The Kier molecular flexibility index (Phi) is 6.22. The van der Waals surface area contributed by atoms with Crippen molar-refractivity contribution in [3.63, 3.8) is 0 Å². The molecule has 26 heavy (non-hydrogen) atoms. The van der Waals surface area contributed by atoms with Crippen molar-refractivity contribution in [2.75, 3.05) is 32.7 Å². The molecular weight excluding hydrogens is 390 g/mol. The molecule has 142 valence electrons. The van der Waals surface area contributed by atoms with Gasteiger partial charge in [0.05, 0.1) is 4.88 Å². The van der Waals surface area contributed by atoms with Crippen molar-refractivity contribution in [1.82, 2.24) is 15.1 Å². The van der Waals surface area contributed by atoms with Crippen molar-refractivity contribution in [2.24, 2.45) is 5.92 Å². The number of nitrogens with one attached hydrogen (secondary N) is 1. The van der Waals surface area contributed by atoms with Crippen LogP contribution in [0.5, 0.6) is 0 Å². The molecule has 2 fully saturated rings. The van der Waals surface area contributed by atoms with Gasteiger partial charge in [0.15, 0.2) is 0 Å². The third-order valence-electron chi connectivity index (χ3n) is 5.20. The average molecular weight is 414 g/mol. The Morgan fingerprint density at radius 1 is 1.15 bits per heavy atom. The summed E-state index contributed by atoms with van der Waals surface area (Å²) in [5.74, 6) is 0.524. The van der Waals surface area contributed by atoms with E-state index in [0.717, 1.165) is 24.3 Å². The summed E-state index contributed by atoms with van der Waals surface area (Å²) in [4.78, 5) is 30.1. The van der Waals surface area contributed by atoms with Crippen LogP contribution in [-0.4, -0.2) is 60.4 Å². The van der Waals surface area contributed by atoms with E-state index < -0.39 is 0 Å². The molecule has 4 heterocycles. The van der Waals surface area contributed by atoms with Crippen LogP contribution in [0.4, 0.5) is 0 Å². The lowest BCUT2D eigenvalue weighted by atomic mass is 9.92. The first-order valence-corrected chi connectivity index (χ1v) is 10.6. The topological polar surface area (TPSA) is 52.7 Å². The Morgan fingerprint density at radius 2 is 1.88 bits per heavy atom. The van der Waals surface area contributed by atoms with Gasteiger partial charge in [0, 0.05) is 47.5 Å². The maximum absolute atomic E-state index is 12.7. The second-order valence-corrected chi connectivity index (χ2v) is 8.99. The Bertz CT molecular complexity index is 754. The normalized spacial score (nSPS) is 23.7. The first-order chi connectivity index (χ1) is 12.1. The second-order valence-electron chi connectivity index (χ2n) is 6.95. The third-order valence-corrected chi connectivity index (χ3v) is 7.28. The van der Waals surface area contributed by atoms with Crippen LogP contribution in [0.2, 0.25) is 0 Å². The van der Waals surface area contributed by atoms with E-state index in [0.29, 0.717) is 32.2 Å². The molecule has 8 heteroatoms. The number of hydrogen-bond donors (Lipinski definition) is 1. The number of fused-ring (bicyclic) bond motifs is 1. The molecule has 1 N–H and O–H groups in total. The molecule has 2 atom stereocenters. The van der Waals surface area contributed by atoms with E-state index >= 15 is 0 Å². The van der Waals surface area contributed by atoms with Gasteiger partial charge in [-0.15, -0.1) is 35.1 Å². The summed E-state index contributed by atoms with van der Waals surface area (Å²) in [6.45, 7) is 5.64. The Labute approximate surface area is 167 Å². The molecule has 2 aromatic rings. The lowest BCUT2D eigenvalue weighted by Gasteiger charge is -2.37. The highest BCUT2D eigenvalue weighted by atomic mass is 35.5. The molecule has 2 aromatic heterocycles. The van der Waals surface area contributed by atoms with Crippen molar-refractivity contribution in [1.29, 1.82) is 0 Å². The molecular formula is C18H24ClN3O2S2. The largest absolute Gasteiger partial charge is 0.339 e. The third kappa shape index (κ3) is 3.91. The van der Waals surface area contributed by atoms with E-state index in [-0.39, 0.29) is 30.1 Å². The van der Waals surface area contributed by atoms with E-state index in [1.807, 2.05) is 15.9 Å². The van der Waals surface area contributed by atoms with Crippen LogP contribution in [0.15, 0.2) is 17.5 Å². The molecule has 2 aliphatic rings. The molecule has 0 bridgehead atoms. The average Bonchev–Trinajstić information content (AvgIpc) is 3.22. The zero-order valence-corrected chi connectivity index (χ0v) is 17.2. The number of piperidine rings is 1. The van der Waals surface area contributed by atoms with Crippen LogP contribution in [0.1, 0.15) is 29.4 Å². The summed E-state index contributed by atoms with van der Waals surface area (Å²) < 4.78 is 2.37. The number of thiophene rings is 2. The van der Waals surface area contributed by atoms with Crippen LogP contribution in [0.25, 0.3) is 9.40 Å². The summed E-state index contributed by atoms with van der Waals surface area (Å²) in [6, 6.07) is 4.48. The minimum atomic E-state index is 0. The maximum atomic E-state index is 12.7. The highest BCUT2D eigenvalue weighted by molar-refractivity contribution is 7.27. The lowest BCUT2D eigenvalue weighted by Crippen LogP contribution is -2.53. The quantitative estimate of drug-likeness (QED) is 0.823. The monoisotopic (exact) mass is 413 g/mol. The minimum Gasteiger partial charge on any atom is -0.339 e. The predicted molar refractivity (Wildman–Crippen MR) is 110 cm³/mol. The van der Waals surface area contributed by atoms with E-state index in [4.69, 9.17) is 0 Å². The van der Waals surface area contributed by atoms with Gasteiger partial charge in [0.2, 0.25) is 5.91 Å². The Balaban J connectivity index is 0.00000196. The van der Waals surface area contributed by atoms with Crippen LogP contribution in [0.3, 0.4) is 0 Å². The van der Waals surface area contributed by atoms with Gasteiger partial charge in [-0.2, -0.15) is 0 Å². The zero-order chi connectivity index (χ0) is 17.4. The molecule has 0 saturated carbocycles. The van der Waals surface area contributed by atoms with Gasteiger partial charge in [0.25, 0.3) is 5.91 Å². The molecule has 2 amide bonds. The molecule has 0 aliphatic carbocycles. The van der Waals surface area contributed by atoms with Gasteiger partial charge < -0.3 is 15.1 Å². The summed E-state index contributed by atoms with van der Waals surface area (Å²) in [5.41, 5.74) is 0. The van der Waals surface area contributed by atoms with E-state index in [1.165, 1.54) is 9.40 Å². The SMILES string of the molecule is C[C@H]1C[C@@H](C(=O)N2CCN(C(=O)c3cc4sccc4s3)CC2)CCN1.Cl. The number of nitrogens with zero attached hydrogens (tertiary/aromatic N) is 2. The first-order valence-electron chi connectivity index (χ1n) is 8.90. The summed E-state index contributed by atoms with van der Waals surface area (Å²) in [5, 5.41) is 5.45. The molecule has 0 radical (unpaired) electrons. The van der Waals surface area contributed by atoms with Gasteiger partial charge in [-0.05, 0) is 43.8 Å². The minimum absolute atomic E-state index is 0. The van der Waals surface area contributed by atoms with Crippen LogP contribution < -0.4 is 5.32 Å². The van der Waals surface area contributed by atoms with Gasteiger partial charge in [0.1, 0.15) is 0 Å². The number of rotatable bonds is 2. The van der Waals surface area contributed by atoms with Gasteiger partial charge >= 0.3 is 0 Å². The summed E-state index contributed by atoms with van der Waals surface area (Å²) in [6.07, 6.45) is 1.85. The molecule has 2 aliphatic heterocycles. The highest BCUT2D eigenvalue weighted by Gasteiger charge is 2.31. The van der Waals surface area contributed by atoms with Crippen LogP contribution in [0, 0.1) is 5.92 Å². The molecule has 2 saturated heterocycles. The smallest absolute Gasteiger partial charge is 0.264 e. The number of halogens is 1. The van der Waals surface area contributed by atoms with Crippen molar-refractivity contribution >= 4 is 56.3 Å². The fourth-order valence-electron chi connectivity index (χ4n) is 3.77. The summed E-state index contributed by atoms with van der Waals surface area (Å²) >= 11 is 3.24. The molecule has 0 unspecified atom stereocenters. The van der Waals surface area contributed by atoms with Crippen LogP contribution >= 0.6 is 35.1 Å². The predicted octanol–water partition coefficient (Wildman–Crippen LogP) is 3.06. The van der Waals surface area contributed by atoms with Crippen molar-refractivity contribution < 1.29 is 9.59 Å². The van der Waals surface area contributed by atoms with Crippen molar-refractivity contribution in [2.45, 2.75) is 25.8 Å². The maximum Gasteiger partial charge on any atom is 0.264 e. The van der Waals surface area contributed by atoms with Crippen molar-refractivity contribution in [3.05, 3.63) is 22.4 Å². The zero-order valence-electron chi connectivity index (χ0n) is 14.8. The van der Waals surface area contributed by atoms with E-state index in [9.17, 15) is 9.59 Å². The van der Waals surface area contributed by atoms with Gasteiger partial charge in [-0.25, -0.2) is 0 Å². The number of carbonyl (C=O) groups is 2. The Hall–Kier alpha value is -1.15. The molecule has 5 nitrogen and oxygen atoms in total. The number of carbonyl (C=O) groups excluding carboxylic acids is 2. The fourth-order valence-corrected chi connectivity index (χ4v) is 5.85. The van der Waals surface area contributed by atoms with Crippen molar-refractivity contribution in [3.8, 4) is 0 Å². The first kappa shape index (κ1) is 19.6. The standard InChI is InChI=1S/C18H23N3O2S2.ClH/c1-12-10-13(2-4-19-12)17(22)20-5-7-21(8-6-20)18(23)16-11-15-14(25-16)3-9-24-15;/h3,9,11-13,19H,2,4-8,10H2,1H3;1H/t12-,13-;/m0./s1. The van der Waals surface area contributed by atoms with E-state index in [2.05, 4.69) is 23.7 Å². The second kappa shape index (κ2) is 8.25. The fraction of sp³-hybridized carbons (Fsp3) is 0.556.